The lowest BCUT2D eigenvalue weighted by molar-refractivity contribution is 0.0947. The Labute approximate surface area is 182 Å². The number of benzene rings is 2. The Morgan fingerprint density at radius 3 is 2.47 bits per heavy atom. The van der Waals surface area contributed by atoms with Crippen LogP contribution in [0.25, 0.3) is 5.69 Å². The van der Waals surface area contributed by atoms with Gasteiger partial charge in [0.1, 0.15) is 5.56 Å². The third-order valence-electron chi connectivity index (χ3n) is 4.37. The molecule has 0 bridgehead atoms. The first-order chi connectivity index (χ1) is 14.4. The van der Waals surface area contributed by atoms with Gasteiger partial charge in [-0.05, 0) is 35.9 Å². The van der Waals surface area contributed by atoms with E-state index in [9.17, 15) is 14.4 Å². The molecule has 2 aromatic carbocycles. The van der Waals surface area contributed by atoms with Crippen LogP contribution < -0.4 is 16.6 Å². The monoisotopic (exact) mass is 447 g/mol. The fourth-order valence-corrected chi connectivity index (χ4v) is 3.14. The van der Waals surface area contributed by atoms with E-state index in [-0.39, 0.29) is 30.9 Å². The molecule has 9 heteroatoms. The maximum Gasteiger partial charge on any atom is 0.335 e. The van der Waals surface area contributed by atoms with E-state index < -0.39 is 17.2 Å². The largest absolute Gasteiger partial charge is 0.383 e. The number of carbonyl (C=O) groups is 1. The molecule has 0 aliphatic carbocycles. The Balaban J connectivity index is 2.01. The molecule has 1 heterocycles. The summed E-state index contributed by atoms with van der Waals surface area (Å²) in [5.41, 5.74) is -0.399. The Kier molecular flexibility index (Phi) is 7.10. The Morgan fingerprint density at radius 1 is 1.07 bits per heavy atom. The molecule has 0 radical (unpaired) electrons. The third kappa shape index (κ3) is 4.99. The number of rotatable bonds is 7. The molecule has 156 valence electrons. The summed E-state index contributed by atoms with van der Waals surface area (Å²) in [5.74, 6) is -0.600. The predicted octanol–water partition coefficient (Wildman–Crippen LogP) is 2.88. The van der Waals surface area contributed by atoms with E-state index in [1.165, 1.54) is 23.9 Å². The van der Waals surface area contributed by atoms with Crippen LogP contribution in [-0.2, 0) is 17.8 Å². The number of ether oxygens (including phenoxy) is 1. The van der Waals surface area contributed by atoms with E-state index in [1.54, 1.807) is 42.5 Å². The van der Waals surface area contributed by atoms with Crippen LogP contribution in [0.3, 0.4) is 0 Å². The maximum absolute atomic E-state index is 13.0. The van der Waals surface area contributed by atoms with E-state index in [2.05, 4.69) is 5.32 Å². The minimum absolute atomic E-state index is 0.167. The predicted molar refractivity (Wildman–Crippen MR) is 116 cm³/mol. The SMILES string of the molecule is COCCn1cc(C(=O)NCc2ccc(Cl)cc2)c(=O)n(-c2cccc(Cl)c2)c1=O. The second kappa shape index (κ2) is 9.75. The molecule has 0 saturated heterocycles. The highest BCUT2D eigenvalue weighted by Gasteiger charge is 2.18. The molecule has 1 N–H and O–H groups in total. The number of amides is 1. The first kappa shape index (κ1) is 21.8. The zero-order valence-corrected chi connectivity index (χ0v) is 17.6. The van der Waals surface area contributed by atoms with E-state index in [0.717, 1.165) is 10.1 Å². The summed E-state index contributed by atoms with van der Waals surface area (Å²) in [6.45, 7) is 0.608. The van der Waals surface area contributed by atoms with Crippen molar-refractivity contribution >= 4 is 29.1 Å². The van der Waals surface area contributed by atoms with Crippen LogP contribution in [0.2, 0.25) is 10.0 Å². The smallest absolute Gasteiger partial charge is 0.335 e. The maximum atomic E-state index is 13.0. The summed E-state index contributed by atoms with van der Waals surface area (Å²) in [6.07, 6.45) is 1.25. The minimum atomic E-state index is -0.732. The Bertz CT molecular complexity index is 1170. The summed E-state index contributed by atoms with van der Waals surface area (Å²) in [6, 6.07) is 13.3. The molecular weight excluding hydrogens is 429 g/mol. The lowest BCUT2D eigenvalue weighted by Crippen LogP contribution is -2.43. The van der Waals surface area contributed by atoms with Crippen LogP contribution in [0.15, 0.2) is 64.3 Å². The van der Waals surface area contributed by atoms with E-state index in [1.807, 2.05) is 0 Å². The number of nitrogens with one attached hydrogen (secondary N) is 1. The molecule has 0 aliphatic rings. The highest BCUT2D eigenvalue weighted by Crippen LogP contribution is 2.13. The second-order valence-corrected chi connectivity index (χ2v) is 7.31. The molecule has 30 heavy (non-hydrogen) atoms. The van der Waals surface area contributed by atoms with E-state index in [0.29, 0.717) is 10.0 Å². The second-order valence-electron chi connectivity index (χ2n) is 6.44. The lowest BCUT2D eigenvalue weighted by Gasteiger charge is -2.13. The zero-order valence-electron chi connectivity index (χ0n) is 16.1. The van der Waals surface area contributed by atoms with Crippen LogP contribution in [0.5, 0.6) is 0 Å². The van der Waals surface area contributed by atoms with Crippen molar-refractivity contribution in [3.63, 3.8) is 0 Å². The van der Waals surface area contributed by atoms with Crippen molar-refractivity contribution in [1.29, 1.82) is 0 Å². The first-order valence-electron chi connectivity index (χ1n) is 9.04. The molecular formula is C21H19Cl2N3O4. The van der Waals surface area contributed by atoms with Crippen LogP contribution in [-0.4, -0.2) is 28.8 Å². The van der Waals surface area contributed by atoms with Crippen LogP contribution in [0, 0.1) is 0 Å². The molecule has 7 nitrogen and oxygen atoms in total. The summed E-state index contributed by atoms with van der Waals surface area (Å²) >= 11 is 11.9. The fourth-order valence-electron chi connectivity index (χ4n) is 2.83. The fraction of sp³-hybridized carbons (Fsp3) is 0.190. The molecule has 1 amide bonds. The van der Waals surface area contributed by atoms with Crippen molar-refractivity contribution in [2.75, 3.05) is 13.7 Å². The molecule has 0 aliphatic heterocycles. The number of hydrogen-bond donors (Lipinski definition) is 1. The van der Waals surface area contributed by atoms with Gasteiger partial charge in [-0.1, -0.05) is 41.4 Å². The lowest BCUT2D eigenvalue weighted by atomic mass is 10.2. The normalized spacial score (nSPS) is 10.8. The van der Waals surface area contributed by atoms with Gasteiger partial charge in [0.15, 0.2) is 0 Å². The molecule has 0 unspecified atom stereocenters. The van der Waals surface area contributed by atoms with Crippen molar-refractivity contribution in [1.82, 2.24) is 14.5 Å². The average Bonchev–Trinajstić information content (AvgIpc) is 2.73. The molecule has 0 atom stereocenters. The molecule has 0 spiro atoms. The van der Waals surface area contributed by atoms with Gasteiger partial charge < -0.3 is 10.1 Å². The van der Waals surface area contributed by atoms with Crippen molar-refractivity contribution in [2.24, 2.45) is 0 Å². The number of halogens is 2. The van der Waals surface area contributed by atoms with Gasteiger partial charge in [-0.2, -0.15) is 0 Å². The van der Waals surface area contributed by atoms with Gasteiger partial charge in [-0.25, -0.2) is 9.36 Å². The van der Waals surface area contributed by atoms with Crippen LogP contribution >= 0.6 is 23.2 Å². The highest BCUT2D eigenvalue weighted by atomic mass is 35.5. The first-order valence-corrected chi connectivity index (χ1v) is 9.80. The van der Waals surface area contributed by atoms with Gasteiger partial charge in [0, 0.05) is 29.9 Å². The minimum Gasteiger partial charge on any atom is -0.383 e. The standard InChI is InChI=1S/C21H19Cl2N3O4/c1-30-10-9-25-13-18(19(27)24-12-14-5-7-15(22)8-6-14)20(28)26(21(25)29)17-4-2-3-16(23)11-17/h2-8,11,13H,9-10,12H2,1H3,(H,24,27). The van der Waals surface area contributed by atoms with Gasteiger partial charge in [0.25, 0.3) is 11.5 Å². The molecule has 0 saturated carbocycles. The number of carbonyl (C=O) groups excluding carboxylic acids is 1. The molecule has 3 aromatic rings. The topological polar surface area (TPSA) is 82.3 Å². The average molecular weight is 448 g/mol. The van der Waals surface area contributed by atoms with Crippen molar-refractivity contribution < 1.29 is 9.53 Å². The number of methoxy groups -OCH3 is 1. The number of aromatic nitrogens is 2. The number of hydrogen-bond acceptors (Lipinski definition) is 4. The van der Waals surface area contributed by atoms with Gasteiger partial charge in [0.2, 0.25) is 0 Å². The van der Waals surface area contributed by atoms with Crippen molar-refractivity contribution in [3.05, 3.63) is 96.7 Å². The molecule has 3 rings (SSSR count). The summed E-state index contributed by atoms with van der Waals surface area (Å²) in [4.78, 5) is 38.7. The summed E-state index contributed by atoms with van der Waals surface area (Å²) < 4.78 is 7.23. The van der Waals surface area contributed by atoms with Crippen molar-refractivity contribution in [3.8, 4) is 5.69 Å². The van der Waals surface area contributed by atoms with Gasteiger partial charge in [0.05, 0.1) is 18.8 Å². The quantitative estimate of drug-likeness (QED) is 0.603. The van der Waals surface area contributed by atoms with Crippen molar-refractivity contribution in [2.45, 2.75) is 13.1 Å². The third-order valence-corrected chi connectivity index (χ3v) is 4.86. The van der Waals surface area contributed by atoms with Crippen LogP contribution in [0.4, 0.5) is 0 Å². The van der Waals surface area contributed by atoms with E-state index >= 15 is 0 Å². The van der Waals surface area contributed by atoms with Crippen LogP contribution in [0.1, 0.15) is 15.9 Å². The van der Waals surface area contributed by atoms with Gasteiger partial charge >= 0.3 is 5.69 Å². The highest BCUT2D eigenvalue weighted by molar-refractivity contribution is 6.30. The Hall–Kier alpha value is -2.87. The van der Waals surface area contributed by atoms with E-state index in [4.69, 9.17) is 27.9 Å². The Morgan fingerprint density at radius 2 is 1.80 bits per heavy atom. The van der Waals surface area contributed by atoms with Gasteiger partial charge in [-0.15, -0.1) is 0 Å². The number of nitrogens with zero attached hydrogens (tertiary/aromatic N) is 2. The molecule has 1 aromatic heterocycles. The molecule has 0 fully saturated rings. The van der Waals surface area contributed by atoms with Gasteiger partial charge in [-0.3, -0.25) is 14.2 Å². The summed E-state index contributed by atoms with van der Waals surface area (Å²) in [7, 11) is 1.50. The zero-order chi connectivity index (χ0) is 21.7. The summed E-state index contributed by atoms with van der Waals surface area (Å²) in [5, 5.41) is 3.64.